The van der Waals surface area contributed by atoms with Gasteiger partial charge in [-0.15, -0.1) is 0 Å². The van der Waals surface area contributed by atoms with Gasteiger partial charge >= 0.3 is 0 Å². The van der Waals surface area contributed by atoms with Gasteiger partial charge in [-0.2, -0.15) is 5.26 Å². The molecule has 4 unspecified atom stereocenters. The zero-order valence-corrected chi connectivity index (χ0v) is 23.9. The number of aliphatic hydroxyl groups excluding tert-OH is 1. The fourth-order valence-corrected chi connectivity index (χ4v) is 5.59. The Bertz CT molecular complexity index is 1720. The third-order valence-corrected chi connectivity index (χ3v) is 7.83. The van der Waals surface area contributed by atoms with Crippen LogP contribution < -0.4 is 19.8 Å². The van der Waals surface area contributed by atoms with Crippen molar-refractivity contribution in [3.8, 4) is 17.6 Å². The number of carbonyl (C=O) groups excluding carboxylic acids is 2. The first-order chi connectivity index (χ1) is 21.5. The molecule has 2 aliphatic heterocycles. The minimum Gasteiger partial charge on any atom is -0.493 e. The largest absolute Gasteiger partial charge is 0.493 e. The third-order valence-electron chi connectivity index (χ3n) is 7.83. The number of methoxy groups -OCH3 is 1. The summed E-state index contributed by atoms with van der Waals surface area (Å²) in [7, 11) is 1.55. The first-order valence-electron chi connectivity index (χ1n) is 14.2. The molecule has 0 spiro atoms. The summed E-state index contributed by atoms with van der Waals surface area (Å²) in [5.74, 6) is -0.547. The number of nitrogens with one attached hydrogen (secondary N) is 1. The molecule has 1 fully saturated rings. The number of amides is 2. The van der Waals surface area contributed by atoms with Crippen LogP contribution in [0.5, 0.6) is 11.5 Å². The van der Waals surface area contributed by atoms with Crippen LogP contribution >= 0.6 is 0 Å². The fraction of sp³-hybridized carbons (Fsp3) is 0.171. The highest BCUT2D eigenvalue weighted by molar-refractivity contribution is 6.24. The van der Waals surface area contributed by atoms with Crippen LogP contribution in [-0.4, -0.2) is 41.1 Å². The number of anilines is 2. The molecule has 0 saturated carbocycles. The molecule has 2 heterocycles. The number of carbonyl (C=O) groups is 2. The maximum absolute atomic E-state index is 13.9. The van der Waals surface area contributed by atoms with E-state index in [4.69, 9.17) is 9.47 Å². The SMILES string of the molecule is COc1ccc(C(O)C2C=CC3C(=O)N(c4ccccc4)C(=O)C3N2Nc2ccc(C#N)cc2)cc1OCc1ccccc1. The number of fused-ring (bicyclic) bond motifs is 1. The first kappa shape index (κ1) is 28.7. The van der Waals surface area contributed by atoms with Gasteiger partial charge in [0.1, 0.15) is 18.8 Å². The summed E-state index contributed by atoms with van der Waals surface area (Å²) in [4.78, 5) is 28.7. The molecule has 0 aliphatic carbocycles. The Balaban J connectivity index is 1.34. The number of hydrazine groups is 1. The lowest BCUT2D eigenvalue weighted by atomic mass is 9.90. The van der Waals surface area contributed by atoms with Crippen molar-refractivity contribution in [3.63, 3.8) is 0 Å². The Morgan fingerprint density at radius 2 is 1.59 bits per heavy atom. The van der Waals surface area contributed by atoms with Gasteiger partial charge in [-0.05, 0) is 59.7 Å². The second kappa shape index (κ2) is 12.4. The van der Waals surface area contributed by atoms with Gasteiger partial charge in [0.25, 0.3) is 5.91 Å². The molecule has 2 amide bonds. The molecule has 9 nitrogen and oxygen atoms in total. The minimum atomic E-state index is -1.13. The Hall–Kier alpha value is -5.43. The number of hydrogen-bond acceptors (Lipinski definition) is 8. The van der Waals surface area contributed by atoms with Crippen LogP contribution in [0.4, 0.5) is 11.4 Å². The normalized spacial score (nSPS) is 20.1. The van der Waals surface area contributed by atoms with Crippen LogP contribution in [0.25, 0.3) is 0 Å². The van der Waals surface area contributed by atoms with E-state index in [0.717, 1.165) is 5.56 Å². The lowest BCUT2D eigenvalue weighted by molar-refractivity contribution is -0.123. The van der Waals surface area contributed by atoms with Crippen LogP contribution in [0.15, 0.2) is 115 Å². The van der Waals surface area contributed by atoms with Crippen molar-refractivity contribution in [2.24, 2.45) is 5.92 Å². The highest BCUT2D eigenvalue weighted by Gasteiger charge is 2.54. The molecule has 4 aromatic carbocycles. The fourth-order valence-electron chi connectivity index (χ4n) is 5.59. The molecule has 220 valence electrons. The summed E-state index contributed by atoms with van der Waals surface area (Å²) in [5, 5.41) is 22.7. The molecule has 4 atom stereocenters. The Morgan fingerprint density at radius 1 is 0.886 bits per heavy atom. The van der Waals surface area contributed by atoms with Gasteiger partial charge < -0.3 is 20.0 Å². The number of para-hydroxylation sites is 1. The first-order valence-corrected chi connectivity index (χ1v) is 14.2. The number of nitriles is 1. The van der Waals surface area contributed by atoms with Gasteiger partial charge in [-0.1, -0.05) is 66.7 Å². The summed E-state index contributed by atoms with van der Waals surface area (Å²) in [6, 6.07) is 30.9. The smallest absolute Gasteiger partial charge is 0.254 e. The topological polar surface area (TPSA) is 115 Å². The number of rotatable bonds is 9. The molecule has 9 heteroatoms. The second-order valence-corrected chi connectivity index (χ2v) is 10.5. The van der Waals surface area contributed by atoms with E-state index in [2.05, 4.69) is 11.5 Å². The van der Waals surface area contributed by atoms with Crippen molar-refractivity contribution >= 4 is 23.2 Å². The van der Waals surface area contributed by atoms with E-state index in [0.29, 0.717) is 40.6 Å². The van der Waals surface area contributed by atoms with Crippen molar-refractivity contribution < 1.29 is 24.2 Å². The maximum Gasteiger partial charge on any atom is 0.254 e. The average molecular weight is 587 g/mol. The molecule has 2 aliphatic rings. The van der Waals surface area contributed by atoms with E-state index in [1.54, 1.807) is 91.0 Å². The number of aliphatic hydroxyl groups is 1. The Kier molecular flexibility index (Phi) is 8.10. The Morgan fingerprint density at radius 3 is 2.27 bits per heavy atom. The molecule has 44 heavy (non-hydrogen) atoms. The molecule has 1 saturated heterocycles. The summed E-state index contributed by atoms with van der Waals surface area (Å²) in [6.07, 6.45) is 2.32. The van der Waals surface area contributed by atoms with Crippen molar-refractivity contribution in [2.45, 2.75) is 24.8 Å². The van der Waals surface area contributed by atoms with Crippen LogP contribution in [0.3, 0.4) is 0 Å². The van der Waals surface area contributed by atoms with Gasteiger partial charge in [-0.3, -0.25) is 9.59 Å². The maximum atomic E-state index is 13.9. The lowest BCUT2D eigenvalue weighted by Gasteiger charge is -2.40. The van der Waals surface area contributed by atoms with Crippen molar-refractivity contribution in [2.75, 3.05) is 17.4 Å². The van der Waals surface area contributed by atoms with Crippen LogP contribution in [0, 0.1) is 17.2 Å². The average Bonchev–Trinajstić information content (AvgIpc) is 3.33. The van der Waals surface area contributed by atoms with Gasteiger partial charge in [0.05, 0.1) is 36.4 Å². The van der Waals surface area contributed by atoms with E-state index < -0.39 is 30.0 Å². The summed E-state index contributed by atoms with van der Waals surface area (Å²) in [6.45, 7) is 0.308. The number of imide groups is 1. The predicted octanol–water partition coefficient (Wildman–Crippen LogP) is 5.00. The van der Waals surface area contributed by atoms with E-state index in [-0.39, 0.29) is 5.91 Å². The van der Waals surface area contributed by atoms with Crippen molar-refractivity contribution in [1.29, 1.82) is 5.26 Å². The van der Waals surface area contributed by atoms with Crippen LogP contribution in [-0.2, 0) is 16.2 Å². The summed E-state index contributed by atoms with van der Waals surface area (Å²) < 4.78 is 11.6. The third kappa shape index (κ3) is 5.52. The number of nitrogens with zero attached hydrogens (tertiary/aromatic N) is 3. The number of benzene rings is 4. The zero-order valence-electron chi connectivity index (χ0n) is 23.9. The molecule has 0 bridgehead atoms. The highest BCUT2D eigenvalue weighted by Crippen LogP contribution is 2.39. The van der Waals surface area contributed by atoms with E-state index in [9.17, 15) is 20.0 Å². The quantitative estimate of drug-likeness (QED) is 0.208. The standard InChI is InChI=1S/C35H30N4O5/c1-43-30-19-14-25(20-31(30)44-22-24-8-4-2-5-9-24)33(40)29-18-17-28-32(39(29)37-26-15-12-23(21-36)13-16-26)35(42)38(34(28)41)27-10-6-3-7-11-27/h2-20,28-29,32-33,37,40H,22H2,1H3. The monoisotopic (exact) mass is 586 g/mol. The molecule has 2 N–H and O–H groups in total. The summed E-state index contributed by atoms with van der Waals surface area (Å²) in [5.41, 5.74) is 6.33. The van der Waals surface area contributed by atoms with E-state index in [1.807, 2.05) is 36.4 Å². The van der Waals surface area contributed by atoms with Gasteiger partial charge in [-0.25, -0.2) is 9.91 Å². The minimum absolute atomic E-state index is 0.308. The number of ether oxygens (including phenoxy) is 2. The van der Waals surface area contributed by atoms with Crippen LogP contribution in [0.2, 0.25) is 0 Å². The van der Waals surface area contributed by atoms with Crippen LogP contribution in [0.1, 0.15) is 22.8 Å². The molecule has 6 rings (SSSR count). The van der Waals surface area contributed by atoms with E-state index in [1.165, 1.54) is 4.90 Å². The summed E-state index contributed by atoms with van der Waals surface area (Å²) >= 11 is 0. The molecule has 4 aromatic rings. The highest BCUT2D eigenvalue weighted by atomic mass is 16.5. The van der Waals surface area contributed by atoms with Crippen molar-refractivity contribution in [1.82, 2.24) is 5.01 Å². The zero-order chi connectivity index (χ0) is 30.6. The predicted molar refractivity (Wildman–Crippen MR) is 164 cm³/mol. The lowest BCUT2D eigenvalue weighted by Crippen LogP contribution is -2.55. The van der Waals surface area contributed by atoms with Gasteiger partial charge in [0.2, 0.25) is 5.91 Å². The van der Waals surface area contributed by atoms with Gasteiger partial charge in [0.15, 0.2) is 11.5 Å². The molecule has 0 radical (unpaired) electrons. The Labute approximate surface area is 255 Å². The molecular formula is C35H30N4O5. The molecular weight excluding hydrogens is 556 g/mol. The van der Waals surface area contributed by atoms with Crippen molar-refractivity contribution in [3.05, 3.63) is 132 Å². The van der Waals surface area contributed by atoms with E-state index >= 15 is 0 Å². The number of hydrogen-bond donors (Lipinski definition) is 2. The molecule has 0 aromatic heterocycles. The second-order valence-electron chi connectivity index (χ2n) is 10.5. The van der Waals surface area contributed by atoms with Gasteiger partial charge in [0, 0.05) is 5.69 Å².